The van der Waals surface area contributed by atoms with Crippen LogP contribution in [0.3, 0.4) is 0 Å². The number of aliphatic hydroxyl groups is 1. The minimum Gasteiger partial charge on any atom is -0.457 e. The average Bonchev–Trinajstić information content (AvgIpc) is 3.07. The van der Waals surface area contributed by atoms with Crippen LogP contribution in [0, 0.1) is 18.8 Å². The molecule has 2 heterocycles. The molecule has 29 heavy (non-hydrogen) atoms. The number of hydrogen-bond donors (Lipinski definition) is 1. The van der Waals surface area contributed by atoms with Crippen molar-refractivity contribution in [3.05, 3.63) is 33.3 Å². The molecular formula is C23H33NO4S. The maximum absolute atomic E-state index is 12.5. The van der Waals surface area contributed by atoms with E-state index in [1.165, 1.54) is 5.57 Å². The Kier molecular flexibility index (Phi) is 8.78. The molecule has 0 amide bonds. The molecule has 0 aromatic carbocycles. The van der Waals surface area contributed by atoms with Crippen molar-refractivity contribution in [1.29, 1.82) is 0 Å². The number of Topliss-reactive ketones (excluding diaryl/α,β-unsaturated/α-hetero) is 1. The number of rotatable bonds is 2. The third-order valence-corrected chi connectivity index (χ3v) is 6.36. The number of carbonyl (C=O) groups is 2. The van der Waals surface area contributed by atoms with Crippen molar-refractivity contribution in [3.8, 4) is 0 Å². The van der Waals surface area contributed by atoms with Crippen LogP contribution in [-0.2, 0) is 14.3 Å². The molecule has 0 spiro atoms. The first kappa shape index (κ1) is 23.5. The van der Waals surface area contributed by atoms with Crippen molar-refractivity contribution in [3.63, 3.8) is 0 Å². The van der Waals surface area contributed by atoms with Gasteiger partial charge in [0.25, 0.3) is 0 Å². The monoisotopic (exact) mass is 419 g/mol. The highest BCUT2D eigenvalue weighted by Crippen LogP contribution is 2.23. The maximum Gasteiger partial charge on any atom is 0.309 e. The van der Waals surface area contributed by atoms with E-state index < -0.39 is 24.1 Å². The summed E-state index contributed by atoms with van der Waals surface area (Å²) < 4.78 is 5.72. The standard InChI is InChI=1S/C23H33NO4S/c1-14-7-6-8-15(2)23(27)17(4)20(25)12-22(26)28-21(10-9-14)16(3)11-19-13-29-18(5)24-19/h9,11,13,15,17,20-21,25H,6-8,10,12H2,1-5H3. The molecule has 1 N–H and O–H groups in total. The highest BCUT2D eigenvalue weighted by molar-refractivity contribution is 7.09. The van der Waals surface area contributed by atoms with E-state index in [9.17, 15) is 14.7 Å². The minimum atomic E-state index is -1.02. The number of allylic oxidation sites excluding steroid dienone is 1. The fourth-order valence-corrected chi connectivity index (χ4v) is 4.10. The number of ketones is 1. The lowest BCUT2D eigenvalue weighted by Crippen LogP contribution is -2.33. The molecule has 4 unspecified atom stereocenters. The molecular weight excluding hydrogens is 386 g/mol. The van der Waals surface area contributed by atoms with Crippen molar-refractivity contribution < 1.29 is 19.4 Å². The second kappa shape index (κ2) is 10.8. The largest absolute Gasteiger partial charge is 0.457 e. The Morgan fingerprint density at radius 1 is 1.31 bits per heavy atom. The molecule has 0 aliphatic carbocycles. The highest BCUT2D eigenvalue weighted by Gasteiger charge is 2.29. The summed E-state index contributed by atoms with van der Waals surface area (Å²) in [6.45, 7) is 9.56. The van der Waals surface area contributed by atoms with Crippen LogP contribution >= 0.6 is 11.3 Å². The summed E-state index contributed by atoms with van der Waals surface area (Å²) >= 11 is 1.58. The Morgan fingerprint density at radius 2 is 2.03 bits per heavy atom. The van der Waals surface area contributed by atoms with Crippen LogP contribution < -0.4 is 0 Å². The second-order valence-electron chi connectivity index (χ2n) is 8.20. The lowest BCUT2D eigenvalue weighted by Gasteiger charge is -2.23. The van der Waals surface area contributed by atoms with E-state index in [0.717, 1.165) is 35.5 Å². The number of thiazole rings is 1. The molecule has 1 aliphatic rings. The lowest BCUT2D eigenvalue weighted by atomic mass is 9.86. The van der Waals surface area contributed by atoms with Crippen molar-refractivity contribution in [2.24, 2.45) is 11.8 Å². The van der Waals surface area contributed by atoms with Crippen molar-refractivity contribution in [2.75, 3.05) is 0 Å². The number of aromatic nitrogens is 1. The first-order chi connectivity index (χ1) is 13.7. The molecule has 0 saturated carbocycles. The summed E-state index contributed by atoms with van der Waals surface area (Å²) in [5.41, 5.74) is 2.99. The normalized spacial score (nSPS) is 28.5. The third kappa shape index (κ3) is 7.19. The van der Waals surface area contributed by atoms with Gasteiger partial charge in [-0.1, -0.05) is 25.5 Å². The maximum atomic E-state index is 12.5. The van der Waals surface area contributed by atoms with Gasteiger partial charge in [-0.2, -0.15) is 0 Å². The van der Waals surface area contributed by atoms with Gasteiger partial charge in [-0.05, 0) is 51.7 Å². The van der Waals surface area contributed by atoms with Crippen LogP contribution in [0.2, 0.25) is 0 Å². The molecule has 0 bridgehead atoms. The van der Waals surface area contributed by atoms with Gasteiger partial charge >= 0.3 is 5.97 Å². The Bertz CT molecular complexity index is 780. The Labute approximate surface area is 177 Å². The molecule has 6 heteroatoms. The van der Waals surface area contributed by atoms with Crippen molar-refractivity contribution in [1.82, 2.24) is 4.98 Å². The van der Waals surface area contributed by atoms with Gasteiger partial charge in [-0.25, -0.2) is 4.98 Å². The van der Waals surface area contributed by atoms with E-state index in [1.54, 1.807) is 18.3 Å². The molecule has 0 saturated heterocycles. The fourth-order valence-electron chi connectivity index (χ4n) is 3.53. The van der Waals surface area contributed by atoms with Gasteiger partial charge in [0.05, 0.1) is 23.2 Å². The van der Waals surface area contributed by atoms with E-state index >= 15 is 0 Å². The van der Waals surface area contributed by atoms with Crippen LogP contribution in [0.25, 0.3) is 6.08 Å². The van der Waals surface area contributed by atoms with Crippen molar-refractivity contribution >= 4 is 29.2 Å². The van der Waals surface area contributed by atoms with E-state index in [4.69, 9.17) is 4.74 Å². The molecule has 1 aliphatic heterocycles. The Hall–Kier alpha value is -1.79. The van der Waals surface area contributed by atoms with Gasteiger partial charge in [0.2, 0.25) is 0 Å². The van der Waals surface area contributed by atoms with Crippen molar-refractivity contribution in [2.45, 2.75) is 78.9 Å². The number of esters is 1. The van der Waals surface area contributed by atoms with E-state index in [-0.39, 0.29) is 18.1 Å². The lowest BCUT2D eigenvalue weighted by molar-refractivity contribution is -0.150. The van der Waals surface area contributed by atoms with Crippen LogP contribution in [0.1, 0.15) is 70.5 Å². The Morgan fingerprint density at radius 3 is 2.69 bits per heavy atom. The van der Waals surface area contributed by atoms with E-state index in [2.05, 4.69) is 18.0 Å². The number of hydrogen-bond acceptors (Lipinski definition) is 6. The molecule has 1 aromatic rings. The number of aryl methyl sites for hydroxylation is 1. The summed E-state index contributed by atoms with van der Waals surface area (Å²) in [4.78, 5) is 29.5. The fraction of sp³-hybridized carbons (Fsp3) is 0.609. The van der Waals surface area contributed by atoms with Crippen LogP contribution in [-0.4, -0.2) is 34.1 Å². The zero-order chi connectivity index (χ0) is 21.6. The van der Waals surface area contributed by atoms with Gasteiger partial charge in [-0.3, -0.25) is 9.59 Å². The topological polar surface area (TPSA) is 76.5 Å². The first-order valence-electron chi connectivity index (χ1n) is 10.3. The number of aliphatic hydroxyl groups excluding tert-OH is 1. The molecule has 0 fully saturated rings. The first-order valence-corrected chi connectivity index (χ1v) is 11.2. The minimum absolute atomic E-state index is 0.00974. The second-order valence-corrected chi connectivity index (χ2v) is 9.26. The van der Waals surface area contributed by atoms with E-state index in [0.29, 0.717) is 6.42 Å². The summed E-state index contributed by atoms with van der Waals surface area (Å²) in [5.74, 6) is -1.17. The summed E-state index contributed by atoms with van der Waals surface area (Å²) in [6.07, 6.45) is 5.64. The molecule has 5 nitrogen and oxygen atoms in total. The quantitative estimate of drug-likeness (QED) is 0.546. The molecule has 2 rings (SSSR count). The van der Waals surface area contributed by atoms with Gasteiger partial charge in [0.15, 0.2) is 0 Å². The summed E-state index contributed by atoms with van der Waals surface area (Å²) in [5, 5.41) is 13.4. The van der Waals surface area contributed by atoms with Crippen LogP contribution in [0.4, 0.5) is 0 Å². The number of nitrogens with zero attached hydrogens (tertiary/aromatic N) is 1. The van der Waals surface area contributed by atoms with Gasteiger partial charge < -0.3 is 9.84 Å². The smallest absolute Gasteiger partial charge is 0.309 e. The molecule has 160 valence electrons. The molecule has 0 radical (unpaired) electrons. The predicted octanol–water partition coefficient (Wildman–Crippen LogP) is 4.88. The third-order valence-electron chi connectivity index (χ3n) is 5.57. The van der Waals surface area contributed by atoms with Crippen LogP contribution in [0.5, 0.6) is 0 Å². The summed E-state index contributed by atoms with van der Waals surface area (Å²) in [6, 6.07) is 0. The number of cyclic esters (lactones) is 1. The average molecular weight is 420 g/mol. The van der Waals surface area contributed by atoms with Crippen LogP contribution in [0.15, 0.2) is 22.6 Å². The van der Waals surface area contributed by atoms with Gasteiger partial charge in [0.1, 0.15) is 11.9 Å². The molecule has 4 atom stereocenters. The van der Waals surface area contributed by atoms with E-state index in [1.807, 2.05) is 32.2 Å². The highest BCUT2D eigenvalue weighted by atomic mass is 32.1. The SMILES string of the molecule is CC1=CCC(C(C)=Cc2csc(C)n2)OC(=O)CC(O)C(C)C(=O)C(C)CCC1. The van der Waals surface area contributed by atoms with Gasteiger partial charge in [-0.15, -0.1) is 11.3 Å². The zero-order valence-electron chi connectivity index (χ0n) is 18.1. The Balaban J connectivity index is 2.23. The number of carbonyl (C=O) groups excluding carboxylic acids is 2. The number of ether oxygens (including phenoxy) is 1. The summed E-state index contributed by atoms with van der Waals surface area (Å²) in [7, 11) is 0. The zero-order valence-corrected chi connectivity index (χ0v) is 18.9. The van der Waals surface area contributed by atoms with Gasteiger partial charge in [0, 0.05) is 23.6 Å². The molecule has 1 aromatic heterocycles. The predicted molar refractivity (Wildman–Crippen MR) is 117 cm³/mol.